The average Bonchev–Trinajstić information content (AvgIpc) is 2.52. The molecule has 23 heavy (non-hydrogen) atoms. The number of rotatable bonds is 6. The van der Waals surface area contributed by atoms with Gasteiger partial charge in [-0.05, 0) is 18.2 Å². The van der Waals surface area contributed by atoms with E-state index >= 15 is 0 Å². The Morgan fingerprint density at radius 1 is 1.26 bits per heavy atom. The van der Waals surface area contributed by atoms with Crippen LogP contribution >= 0.6 is 0 Å². The van der Waals surface area contributed by atoms with Gasteiger partial charge in [-0.2, -0.15) is 0 Å². The van der Waals surface area contributed by atoms with E-state index in [0.29, 0.717) is 11.3 Å². The summed E-state index contributed by atoms with van der Waals surface area (Å²) in [4.78, 5) is 30.2. The maximum atomic E-state index is 13.3. The lowest BCUT2D eigenvalue weighted by Gasteiger charge is -2.14. The number of carboxylic acids is 1. The van der Waals surface area contributed by atoms with Gasteiger partial charge in [-0.1, -0.05) is 6.07 Å². The van der Waals surface area contributed by atoms with Crippen LogP contribution in [-0.4, -0.2) is 39.4 Å². The Balaban J connectivity index is 2.07. The number of nitrogens with zero attached hydrogens (tertiary/aromatic N) is 2. The fraction of sp³-hybridized carbons (Fsp3) is 0.200. The Morgan fingerprint density at radius 2 is 2.04 bits per heavy atom. The van der Waals surface area contributed by atoms with E-state index < -0.39 is 30.8 Å². The molecule has 6 nitrogen and oxygen atoms in total. The van der Waals surface area contributed by atoms with Gasteiger partial charge in [-0.3, -0.25) is 19.6 Å². The minimum atomic E-state index is -3.52. The second kappa shape index (κ2) is 6.91. The molecule has 0 aliphatic carbocycles. The molecule has 0 atom stereocenters. The van der Waals surface area contributed by atoms with Gasteiger partial charge in [0.15, 0.2) is 0 Å². The zero-order chi connectivity index (χ0) is 16.9. The van der Waals surface area contributed by atoms with Gasteiger partial charge in [-0.15, -0.1) is 0 Å². The van der Waals surface area contributed by atoms with Gasteiger partial charge in [-0.25, -0.2) is 8.78 Å². The highest BCUT2D eigenvalue weighted by atomic mass is 19.3. The third-order valence-electron chi connectivity index (χ3n) is 2.88. The summed E-state index contributed by atoms with van der Waals surface area (Å²) in [6, 6.07) is 6.69. The van der Waals surface area contributed by atoms with Gasteiger partial charge in [0.1, 0.15) is 6.42 Å². The summed E-state index contributed by atoms with van der Waals surface area (Å²) in [6.45, 7) is -1.06. The largest absolute Gasteiger partial charge is 0.481 e. The van der Waals surface area contributed by atoms with Crippen LogP contribution < -0.4 is 5.32 Å². The van der Waals surface area contributed by atoms with Crippen molar-refractivity contribution in [3.8, 4) is 11.3 Å². The van der Waals surface area contributed by atoms with E-state index in [1.165, 1.54) is 18.5 Å². The first-order valence-electron chi connectivity index (χ1n) is 6.62. The number of hydrogen-bond acceptors (Lipinski definition) is 4. The minimum Gasteiger partial charge on any atom is -0.481 e. The highest BCUT2D eigenvalue weighted by Gasteiger charge is 2.32. The van der Waals surface area contributed by atoms with Crippen LogP contribution in [0.2, 0.25) is 0 Å². The lowest BCUT2D eigenvalue weighted by Crippen LogP contribution is -2.38. The van der Waals surface area contributed by atoms with E-state index in [-0.39, 0.29) is 5.56 Å². The molecule has 0 fully saturated rings. The number of halogens is 2. The number of carbonyl (C=O) groups excluding carboxylic acids is 1. The monoisotopic (exact) mass is 321 g/mol. The Hall–Kier alpha value is -2.90. The van der Waals surface area contributed by atoms with Crippen molar-refractivity contribution in [3.05, 3.63) is 48.4 Å². The molecule has 0 spiro atoms. The van der Waals surface area contributed by atoms with Crippen molar-refractivity contribution in [2.24, 2.45) is 0 Å². The van der Waals surface area contributed by atoms with E-state index in [4.69, 9.17) is 5.11 Å². The van der Waals surface area contributed by atoms with Gasteiger partial charge < -0.3 is 10.4 Å². The molecule has 120 valence electrons. The number of carboxylic acid groups (broad SMARTS) is 1. The lowest BCUT2D eigenvalue weighted by atomic mass is 10.1. The van der Waals surface area contributed by atoms with Crippen molar-refractivity contribution in [2.75, 3.05) is 6.54 Å². The summed E-state index contributed by atoms with van der Waals surface area (Å²) < 4.78 is 26.5. The molecule has 0 aliphatic rings. The number of aromatic nitrogens is 2. The van der Waals surface area contributed by atoms with Gasteiger partial charge in [0.25, 0.3) is 11.8 Å². The Labute approximate surface area is 130 Å². The van der Waals surface area contributed by atoms with Crippen LogP contribution in [0.15, 0.2) is 42.9 Å². The van der Waals surface area contributed by atoms with Crippen molar-refractivity contribution < 1.29 is 23.5 Å². The summed E-state index contributed by atoms with van der Waals surface area (Å²) in [5.74, 6) is -5.92. The molecule has 8 heteroatoms. The van der Waals surface area contributed by atoms with Crippen molar-refractivity contribution in [3.63, 3.8) is 0 Å². The normalized spacial score (nSPS) is 11.0. The average molecular weight is 321 g/mol. The molecule has 1 amide bonds. The fourth-order valence-electron chi connectivity index (χ4n) is 1.83. The van der Waals surface area contributed by atoms with Gasteiger partial charge in [0.2, 0.25) is 0 Å². The second-order valence-corrected chi connectivity index (χ2v) is 4.79. The quantitative estimate of drug-likeness (QED) is 0.849. The minimum absolute atomic E-state index is 0.0827. The van der Waals surface area contributed by atoms with Crippen molar-refractivity contribution in [1.82, 2.24) is 15.3 Å². The Kier molecular flexibility index (Phi) is 4.95. The first-order chi connectivity index (χ1) is 10.9. The molecule has 2 aromatic rings. The molecular weight excluding hydrogens is 308 g/mol. The van der Waals surface area contributed by atoms with Crippen LogP contribution in [0.5, 0.6) is 0 Å². The molecule has 0 radical (unpaired) electrons. The first kappa shape index (κ1) is 16.5. The molecule has 2 aromatic heterocycles. The molecule has 2 rings (SSSR count). The van der Waals surface area contributed by atoms with E-state index in [2.05, 4.69) is 9.97 Å². The molecule has 0 bridgehead atoms. The lowest BCUT2D eigenvalue weighted by molar-refractivity contribution is -0.144. The topological polar surface area (TPSA) is 92.2 Å². The maximum absolute atomic E-state index is 13.3. The Bertz CT molecular complexity index is 708. The predicted molar refractivity (Wildman–Crippen MR) is 77.0 cm³/mol. The van der Waals surface area contributed by atoms with Crippen molar-refractivity contribution >= 4 is 11.9 Å². The number of amides is 1. The summed E-state index contributed by atoms with van der Waals surface area (Å²) in [5.41, 5.74) is 1.24. The van der Waals surface area contributed by atoms with Crippen molar-refractivity contribution in [2.45, 2.75) is 12.3 Å². The number of nitrogens with one attached hydrogen (secondary N) is 1. The van der Waals surface area contributed by atoms with E-state index in [1.54, 1.807) is 24.4 Å². The van der Waals surface area contributed by atoms with Crippen molar-refractivity contribution in [1.29, 1.82) is 0 Å². The SMILES string of the molecule is O=C(O)CC(F)(F)CNC(=O)c1cncc(-c2ccccn2)c1. The molecule has 0 aliphatic heterocycles. The molecule has 0 aromatic carbocycles. The molecule has 2 heterocycles. The highest BCUT2D eigenvalue weighted by molar-refractivity contribution is 5.95. The van der Waals surface area contributed by atoms with Crippen LogP contribution in [0, 0.1) is 0 Å². The predicted octanol–water partition coefficient (Wildman–Crippen LogP) is 1.98. The Morgan fingerprint density at radius 3 is 2.70 bits per heavy atom. The number of pyridine rings is 2. The summed E-state index contributed by atoms with van der Waals surface area (Å²) in [7, 11) is 0. The number of alkyl halides is 2. The van der Waals surface area contributed by atoms with Crippen LogP contribution in [-0.2, 0) is 4.79 Å². The number of aliphatic carboxylic acids is 1. The molecule has 0 unspecified atom stereocenters. The number of carbonyl (C=O) groups is 2. The molecule has 2 N–H and O–H groups in total. The summed E-state index contributed by atoms with van der Waals surface area (Å²) in [6.07, 6.45) is 2.96. The molecule has 0 saturated carbocycles. The first-order valence-corrected chi connectivity index (χ1v) is 6.62. The van der Waals surface area contributed by atoms with E-state index in [0.717, 1.165) is 0 Å². The van der Waals surface area contributed by atoms with E-state index in [9.17, 15) is 18.4 Å². The zero-order valence-electron chi connectivity index (χ0n) is 11.9. The van der Waals surface area contributed by atoms with Gasteiger partial charge in [0.05, 0.1) is 17.8 Å². The zero-order valence-corrected chi connectivity index (χ0v) is 11.9. The summed E-state index contributed by atoms with van der Waals surface area (Å²) >= 11 is 0. The fourth-order valence-corrected chi connectivity index (χ4v) is 1.83. The molecular formula is C15H13F2N3O3. The van der Waals surface area contributed by atoms with Crippen LogP contribution in [0.1, 0.15) is 16.8 Å². The molecule has 0 saturated heterocycles. The van der Waals surface area contributed by atoms with E-state index in [1.807, 2.05) is 5.32 Å². The smallest absolute Gasteiger partial charge is 0.309 e. The van der Waals surface area contributed by atoms with Crippen LogP contribution in [0.4, 0.5) is 8.78 Å². The second-order valence-electron chi connectivity index (χ2n) is 4.79. The van der Waals surface area contributed by atoms with Gasteiger partial charge in [0, 0.05) is 24.2 Å². The maximum Gasteiger partial charge on any atom is 0.309 e. The summed E-state index contributed by atoms with van der Waals surface area (Å²) in [5, 5.41) is 10.4. The number of hydrogen-bond donors (Lipinski definition) is 2. The third-order valence-corrected chi connectivity index (χ3v) is 2.88. The highest BCUT2D eigenvalue weighted by Crippen LogP contribution is 2.18. The van der Waals surface area contributed by atoms with Crippen LogP contribution in [0.3, 0.4) is 0 Å². The third kappa shape index (κ3) is 4.80. The van der Waals surface area contributed by atoms with Gasteiger partial charge >= 0.3 is 5.97 Å². The van der Waals surface area contributed by atoms with Crippen LogP contribution in [0.25, 0.3) is 11.3 Å². The standard InChI is InChI=1S/C15H13F2N3O3/c16-15(17,6-13(21)22)9-20-14(23)11-5-10(7-18-8-11)12-3-1-2-4-19-12/h1-5,7-8H,6,9H2,(H,20,23)(H,21,22).